The van der Waals surface area contributed by atoms with Crippen molar-refractivity contribution in [1.29, 1.82) is 0 Å². The fourth-order valence-electron chi connectivity index (χ4n) is 1.16. The van der Waals surface area contributed by atoms with Gasteiger partial charge in [-0.05, 0) is 18.2 Å². The molecule has 0 atom stereocenters. The summed E-state index contributed by atoms with van der Waals surface area (Å²) >= 11 is 0. The second kappa shape index (κ2) is 2.91. The predicted molar refractivity (Wildman–Crippen MR) is 45.5 cm³/mol. The molecule has 66 valence electrons. The average Bonchev–Trinajstić information content (AvgIpc) is 2.63. The predicted octanol–water partition coefficient (Wildman–Crippen LogP) is 1.55. The normalized spacial score (nSPS) is 10.2. The van der Waals surface area contributed by atoms with Crippen LogP contribution in [0.1, 0.15) is 10.4 Å². The first-order chi connectivity index (χ1) is 6.31. The number of nitrogens with one attached hydrogen (secondary N) is 1. The van der Waals surface area contributed by atoms with Crippen LogP contribution < -0.4 is 5.48 Å². The van der Waals surface area contributed by atoms with Crippen molar-refractivity contribution in [3.05, 3.63) is 36.1 Å². The van der Waals surface area contributed by atoms with E-state index < -0.39 is 5.91 Å². The Kier molecular flexibility index (Phi) is 1.75. The summed E-state index contributed by atoms with van der Waals surface area (Å²) in [5.41, 5.74) is 2.55. The van der Waals surface area contributed by atoms with Gasteiger partial charge in [-0.25, -0.2) is 5.48 Å². The van der Waals surface area contributed by atoms with Crippen molar-refractivity contribution in [3.8, 4) is 0 Å². The molecule has 13 heavy (non-hydrogen) atoms. The van der Waals surface area contributed by atoms with E-state index in [0.29, 0.717) is 11.1 Å². The molecule has 0 aliphatic heterocycles. The minimum absolute atomic E-state index is 0.366. The van der Waals surface area contributed by atoms with E-state index in [1.54, 1.807) is 36.0 Å². The first-order valence-electron chi connectivity index (χ1n) is 3.73. The zero-order valence-corrected chi connectivity index (χ0v) is 6.65. The fraction of sp³-hybridized carbons (Fsp3) is 0. The highest BCUT2D eigenvalue weighted by atomic mass is 16.5. The number of hydrogen-bond acceptors (Lipinski definition) is 3. The Hall–Kier alpha value is -1.81. The number of benzene rings is 1. The van der Waals surface area contributed by atoms with Gasteiger partial charge in [0, 0.05) is 10.9 Å². The van der Waals surface area contributed by atoms with Crippen molar-refractivity contribution in [1.82, 2.24) is 5.48 Å². The molecule has 1 heterocycles. The summed E-state index contributed by atoms with van der Waals surface area (Å²) in [6.45, 7) is 0. The van der Waals surface area contributed by atoms with E-state index in [1.165, 1.54) is 0 Å². The minimum Gasteiger partial charge on any atom is -0.464 e. The molecular formula is C9H7NO3. The van der Waals surface area contributed by atoms with Gasteiger partial charge in [-0.2, -0.15) is 0 Å². The molecule has 0 unspecified atom stereocenters. The van der Waals surface area contributed by atoms with E-state index in [0.717, 1.165) is 5.39 Å². The number of amides is 1. The molecule has 0 fully saturated rings. The Morgan fingerprint density at radius 1 is 1.38 bits per heavy atom. The number of hydrogen-bond donors (Lipinski definition) is 2. The Labute approximate surface area is 73.7 Å². The van der Waals surface area contributed by atoms with Crippen molar-refractivity contribution in [2.24, 2.45) is 0 Å². The monoisotopic (exact) mass is 177 g/mol. The van der Waals surface area contributed by atoms with Gasteiger partial charge < -0.3 is 4.42 Å². The van der Waals surface area contributed by atoms with Gasteiger partial charge in [-0.1, -0.05) is 6.07 Å². The second-order valence-corrected chi connectivity index (χ2v) is 2.61. The summed E-state index contributed by atoms with van der Waals surface area (Å²) in [5.74, 6) is -0.543. The lowest BCUT2D eigenvalue weighted by Gasteiger charge is -1.96. The Balaban J connectivity index is 2.54. The summed E-state index contributed by atoms with van der Waals surface area (Å²) < 4.78 is 5.09. The number of hydroxylamine groups is 1. The van der Waals surface area contributed by atoms with Gasteiger partial charge in [0.2, 0.25) is 0 Å². The molecule has 0 saturated carbocycles. The maximum absolute atomic E-state index is 11.0. The third-order valence-electron chi connectivity index (χ3n) is 1.82. The SMILES string of the molecule is O=C(NO)c1ccc2ccoc2c1. The topological polar surface area (TPSA) is 62.5 Å². The standard InChI is InChI=1S/C9H7NO3/c11-9(10-12)7-2-1-6-3-4-13-8(6)5-7/h1-5,12H,(H,10,11). The maximum atomic E-state index is 11.0. The second-order valence-electron chi connectivity index (χ2n) is 2.61. The molecule has 1 amide bonds. The smallest absolute Gasteiger partial charge is 0.274 e. The van der Waals surface area contributed by atoms with Crippen LogP contribution in [0.2, 0.25) is 0 Å². The molecule has 0 aliphatic carbocycles. The van der Waals surface area contributed by atoms with Gasteiger partial charge in [-0.15, -0.1) is 0 Å². The van der Waals surface area contributed by atoms with Gasteiger partial charge in [0.15, 0.2) is 0 Å². The first-order valence-corrected chi connectivity index (χ1v) is 3.73. The van der Waals surface area contributed by atoms with E-state index in [4.69, 9.17) is 9.62 Å². The largest absolute Gasteiger partial charge is 0.464 e. The van der Waals surface area contributed by atoms with E-state index in [1.807, 2.05) is 0 Å². The fourth-order valence-corrected chi connectivity index (χ4v) is 1.16. The van der Waals surface area contributed by atoms with Gasteiger partial charge in [0.25, 0.3) is 5.91 Å². The molecule has 2 rings (SSSR count). The third kappa shape index (κ3) is 1.27. The molecule has 0 radical (unpaired) electrons. The van der Waals surface area contributed by atoms with Gasteiger partial charge in [0.1, 0.15) is 5.58 Å². The molecule has 0 bridgehead atoms. The molecular weight excluding hydrogens is 170 g/mol. The molecule has 2 N–H and O–H groups in total. The lowest BCUT2D eigenvalue weighted by molar-refractivity contribution is 0.0706. The quantitative estimate of drug-likeness (QED) is 0.513. The van der Waals surface area contributed by atoms with E-state index in [2.05, 4.69) is 0 Å². The number of carbonyl (C=O) groups is 1. The molecule has 1 aromatic heterocycles. The Bertz CT molecular complexity index is 447. The molecule has 4 nitrogen and oxygen atoms in total. The van der Waals surface area contributed by atoms with Crippen LogP contribution in [0, 0.1) is 0 Å². The van der Waals surface area contributed by atoms with Crippen molar-refractivity contribution in [2.45, 2.75) is 0 Å². The molecule has 0 spiro atoms. The molecule has 0 saturated heterocycles. The van der Waals surface area contributed by atoms with Crippen LogP contribution in [-0.4, -0.2) is 11.1 Å². The summed E-state index contributed by atoms with van der Waals surface area (Å²) in [7, 11) is 0. The van der Waals surface area contributed by atoms with E-state index >= 15 is 0 Å². The summed E-state index contributed by atoms with van der Waals surface area (Å²) in [6.07, 6.45) is 1.55. The van der Waals surface area contributed by atoms with Crippen LogP contribution in [0.15, 0.2) is 34.9 Å². The maximum Gasteiger partial charge on any atom is 0.274 e. The minimum atomic E-state index is -0.543. The first kappa shape index (κ1) is 7.82. The number of rotatable bonds is 1. The van der Waals surface area contributed by atoms with Crippen LogP contribution in [0.25, 0.3) is 11.0 Å². The molecule has 4 heteroatoms. The van der Waals surface area contributed by atoms with Crippen LogP contribution in [-0.2, 0) is 0 Å². The summed E-state index contributed by atoms with van der Waals surface area (Å²) in [6, 6.07) is 6.74. The number of fused-ring (bicyclic) bond motifs is 1. The van der Waals surface area contributed by atoms with Crippen LogP contribution in [0.5, 0.6) is 0 Å². The van der Waals surface area contributed by atoms with Crippen LogP contribution >= 0.6 is 0 Å². The summed E-state index contributed by atoms with van der Waals surface area (Å²) in [4.78, 5) is 11.0. The van der Waals surface area contributed by atoms with Gasteiger partial charge >= 0.3 is 0 Å². The lowest BCUT2D eigenvalue weighted by atomic mass is 10.1. The highest BCUT2D eigenvalue weighted by molar-refractivity contribution is 5.96. The third-order valence-corrected chi connectivity index (χ3v) is 1.82. The molecule has 2 aromatic rings. The van der Waals surface area contributed by atoms with Crippen molar-refractivity contribution in [3.63, 3.8) is 0 Å². The lowest BCUT2D eigenvalue weighted by Crippen LogP contribution is -2.18. The Morgan fingerprint density at radius 2 is 2.23 bits per heavy atom. The zero-order chi connectivity index (χ0) is 9.26. The molecule has 1 aromatic carbocycles. The van der Waals surface area contributed by atoms with Crippen molar-refractivity contribution < 1.29 is 14.4 Å². The summed E-state index contributed by atoms with van der Waals surface area (Å²) in [5, 5.41) is 9.31. The van der Waals surface area contributed by atoms with Crippen molar-refractivity contribution >= 4 is 16.9 Å². The van der Waals surface area contributed by atoms with Gasteiger partial charge in [0.05, 0.1) is 6.26 Å². The number of carbonyl (C=O) groups excluding carboxylic acids is 1. The Morgan fingerprint density at radius 3 is 3.00 bits per heavy atom. The van der Waals surface area contributed by atoms with E-state index in [-0.39, 0.29) is 0 Å². The highest BCUT2D eigenvalue weighted by Crippen LogP contribution is 2.16. The van der Waals surface area contributed by atoms with Crippen LogP contribution in [0.4, 0.5) is 0 Å². The van der Waals surface area contributed by atoms with E-state index in [9.17, 15) is 4.79 Å². The number of furan rings is 1. The van der Waals surface area contributed by atoms with Crippen LogP contribution in [0.3, 0.4) is 0 Å². The average molecular weight is 177 g/mol. The molecule has 0 aliphatic rings. The van der Waals surface area contributed by atoms with Crippen molar-refractivity contribution in [2.75, 3.05) is 0 Å². The zero-order valence-electron chi connectivity index (χ0n) is 6.65. The highest BCUT2D eigenvalue weighted by Gasteiger charge is 2.05. The van der Waals surface area contributed by atoms with Gasteiger partial charge in [-0.3, -0.25) is 10.0 Å².